The lowest BCUT2D eigenvalue weighted by Crippen LogP contribution is -2.26. The molecule has 0 radical (unpaired) electrons. The Morgan fingerprint density at radius 1 is 1.00 bits per heavy atom. The van der Waals surface area contributed by atoms with Crippen molar-refractivity contribution in [3.63, 3.8) is 0 Å². The summed E-state index contributed by atoms with van der Waals surface area (Å²) < 4.78 is 3.70. The summed E-state index contributed by atoms with van der Waals surface area (Å²) in [7, 11) is 2.22. The Kier molecular flexibility index (Phi) is 8.08. The van der Waals surface area contributed by atoms with Crippen molar-refractivity contribution in [1.82, 2.24) is 4.57 Å². The summed E-state index contributed by atoms with van der Waals surface area (Å²) in [6.07, 6.45) is 12.0. The summed E-state index contributed by atoms with van der Waals surface area (Å²) in [5.74, 6) is 0. The fourth-order valence-corrected chi connectivity index (χ4v) is 4.52. The molecule has 122 valence electrons. The minimum Gasteiger partial charge on any atom is -0.350 e. The number of halogens is 1. The maximum atomic E-state index is 3.81. The number of aryl methyl sites for hydroxylation is 1. The molecule has 1 nitrogen and oxygen atoms in total. The van der Waals surface area contributed by atoms with Gasteiger partial charge >= 0.3 is 0 Å². The minimum absolute atomic E-state index is 0.310. The number of aromatic nitrogens is 1. The van der Waals surface area contributed by atoms with Crippen LogP contribution in [-0.4, -0.2) is 4.57 Å². The SMILES string of the molecule is CCCCCCC(C)(CCCCC)c1c(Br)cc(C)n1C. The monoisotopic (exact) mass is 355 g/mol. The fourth-order valence-electron chi connectivity index (χ4n) is 3.45. The standard InChI is InChI=1S/C19H34BrN/c1-6-8-10-12-14-19(4,13-11-9-7-2)18-17(20)15-16(3)21(18)5/h15H,6-14H2,1-5H3. The van der Waals surface area contributed by atoms with Gasteiger partial charge in [0.2, 0.25) is 0 Å². The lowest BCUT2D eigenvalue weighted by atomic mass is 9.77. The second-order valence-electron chi connectivity index (χ2n) is 6.87. The van der Waals surface area contributed by atoms with Crippen molar-refractivity contribution in [2.75, 3.05) is 0 Å². The van der Waals surface area contributed by atoms with Gasteiger partial charge in [-0.25, -0.2) is 0 Å². The first-order valence-corrected chi connectivity index (χ1v) is 9.58. The summed E-state index contributed by atoms with van der Waals surface area (Å²) in [5, 5.41) is 0. The molecule has 0 bridgehead atoms. The van der Waals surface area contributed by atoms with E-state index in [2.05, 4.69) is 61.3 Å². The van der Waals surface area contributed by atoms with Gasteiger partial charge in [0.05, 0.1) is 0 Å². The molecule has 0 fully saturated rings. The molecule has 0 spiro atoms. The molecule has 2 heteroatoms. The van der Waals surface area contributed by atoms with E-state index in [1.54, 1.807) is 0 Å². The molecule has 1 unspecified atom stereocenters. The van der Waals surface area contributed by atoms with Crippen LogP contribution in [0, 0.1) is 6.92 Å². The largest absolute Gasteiger partial charge is 0.350 e. The van der Waals surface area contributed by atoms with E-state index in [4.69, 9.17) is 0 Å². The predicted octanol–water partition coefficient (Wildman–Crippen LogP) is 6.90. The summed E-state index contributed by atoms with van der Waals surface area (Å²) in [6, 6.07) is 2.28. The lowest BCUT2D eigenvalue weighted by Gasteiger charge is -2.32. The topological polar surface area (TPSA) is 4.93 Å². The van der Waals surface area contributed by atoms with E-state index in [0.717, 1.165) is 0 Å². The van der Waals surface area contributed by atoms with Crippen molar-refractivity contribution < 1.29 is 0 Å². The lowest BCUT2D eigenvalue weighted by molar-refractivity contribution is 0.346. The quantitative estimate of drug-likeness (QED) is 0.402. The highest BCUT2D eigenvalue weighted by molar-refractivity contribution is 9.10. The van der Waals surface area contributed by atoms with Crippen LogP contribution < -0.4 is 0 Å². The number of hydrogen-bond donors (Lipinski definition) is 0. The van der Waals surface area contributed by atoms with Crippen LogP contribution in [0.15, 0.2) is 10.5 Å². The zero-order chi connectivity index (χ0) is 15.9. The third kappa shape index (κ3) is 5.16. The molecule has 1 heterocycles. The predicted molar refractivity (Wildman–Crippen MR) is 98.1 cm³/mol. The van der Waals surface area contributed by atoms with Crippen molar-refractivity contribution in [2.24, 2.45) is 7.05 Å². The zero-order valence-corrected chi connectivity index (χ0v) is 16.4. The first-order valence-electron chi connectivity index (χ1n) is 8.78. The Hall–Kier alpha value is -0.240. The summed E-state index contributed by atoms with van der Waals surface area (Å²) in [6.45, 7) is 9.27. The smallest absolute Gasteiger partial charge is 0.0392 e. The van der Waals surface area contributed by atoms with Gasteiger partial charge in [0.25, 0.3) is 0 Å². The average Bonchev–Trinajstić information content (AvgIpc) is 2.69. The van der Waals surface area contributed by atoms with Crippen molar-refractivity contribution in [2.45, 2.75) is 90.9 Å². The van der Waals surface area contributed by atoms with E-state index in [1.807, 2.05) is 0 Å². The molecule has 1 aromatic heterocycles. The maximum Gasteiger partial charge on any atom is 0.0392 e. The molecule has 0 N–H and O–H groups in total. The van der Waals surface area contributed by atoms with Crippen LogP contribution in [0.25, 0.3) is 0 Å². The number of hydrogen-bond acceptors (Lipinski definition) is 0. The van der Waals surface area contributed by atoms with Crippen LogP contribution in [0.1, 0.15) is 89.9 Å². The molecule has 1 rings (SSSR count). The summed E-state index contributed by atoms with van der Waals surface area (Å²) in [5.41, 5.74) is 3.17. The van der Waals surface area contributed by atoms with Gasteiger partial charge in [0.15, 0.2) is 0 Å². The first-order chi connectivity index (χ1) is 9.96. The molecule has 0 saturated heterocycles. The Labute approximate surface area is 140 Å². The Bertz CT molecular complexity index is 421. The third-order valence-corrected chi connectivity index (χ3v) is 5.52. The van der Waals surface area contributed by atoms with Gasteiger partial charge in [-0.15, -0.1) is 0 Å². The van der Waals surface area contributed by atoms with E-state index >= 15 is 0 Å². The van der Waals surface area contributed by atoms with Crippen LogP contribution >= 0.6 is 15.9 Å². The molecule has 21 heavy (non-hydrogen) atoms. The maximum absolute atomic E-state index is 3.81. The zero-order valence-electron chi connectivity index (χ0n) is 14.8. The van der Waals surface area contributed by atoms with Gasteiger partial charge in [-0.2, -0.15) is 0 Å². The molecule has 0 aromatic carbocycles. The first kappa shape index (κ1) is 18.8. The van der Waals surface area contributed by atoms with Crippen LogP contribution in [0.4, 0.5) is 0 Å². The minimum atomic E-state index is 0.310. The molecule has 0 amide bonds. The number of rotatable bonds is 10. The Morgan fingerprint density at radius 2 is 1.52 bits per heavy atom. The molecule has 0 saturated carbocycles. The van der Waals surface area contributed by atoms with Crippen molar-refractivity contribution >= 4 is 15.9 Å². The molecular weight excluding hydrogens is 322 g/mol. The molecule has 0 aliphatic rings. The highest BCUT2D eigenvalue weighted by Crippen LogP contribution is 2.40. The number of nitrogens with zero attached hydrogens (tertiary/aromatic N) is 1. The molecule has 1 atom stereocenters. The molecule has 0 aliphatic carbocycles. The van der Waals surface area contributed by atoms with Gasteiger partial charge < -0.3 is 4.57 Å². The fraction of sp³-hybridized carbons (Fsp3) is 0.789. The van der Waals surface area contributed by atoms with E-state index in [9.17, 15) is 0 Å². The van der Waals surface area contributed by atoms with Crippen LogP contribution in [0.2, 0.25) is 0 Å². The van der Waals surface area contributed by atoms with Crippen molar-refractivity contribution in [1.29, 1.82) is 0 Å². The average molecular weight is 356 g/mol. The van der Waals surface area contributed by atoms with Crippen molar-refractivity contribution in [3.8, 4) is 0 Å². The molecule has 1 aromatic rings. The van der Waals surface area contributed by atoms with Crippen LogP contribution in [0.5, 0.6) is 0 Å². The highest BCUT2D eigenvalue weighted by Gasteiger charge is 2.31. The van der Waals surface area contributed by atoms with Gasteiger partial charge in [0.1, 0.15) is 0 Å². The summed E-state index contributed by atoms with van der Waals surface area (Å²) >= 11 is 3.81. The Balaban J connectivity index is 2.88. The van der Waals surface area contributed by atoms with E-state index in [0.29, 0.717) is 5.41 Å². The molecule has 0 aliphatic heterocycles. The van der Waals surface area contributed by atoms with Crippen molar-refractivity contribution in [3.05, 3.63) is 21.9 Å². The molecular formula is C19H34BrN. The van der Waals surface area contributed by atoms with Crippen LogP contribution in [0.3, 0.4) is 0 Å². The number of unbranched alkanes of at least 4 members (excludes halogenated alkanes) is 5. The van der Waals surface area contributed by atoms with E-state index < -0.39 is 0 Å². The second kappa shape index (κ2) is 9.02. The van der Waals surface area contributed by atoms with E-state index in [-0.39, 0.29) is 0 Å². The second-order valence-corrected chi connectivity index (χ2v) is 7.72. The van der Waals surface area contributed by atoms with Gasteiger partial charge in [-0.1, -0.05) is 65.7 Å². The van der Waals surface area contributed by atoms with Gasteiger partial charge in [-0.3, -0.25) is 0 Å². The summed E-state index contributed by atoms with van der Waals surface area (Å²) in [4.78, 5) is 0. The normalized spacial score (nSPS) is 14.4. The highest BCUT2D eigenvalue weighted by atomic mass is 79.9. The van der Waals surface area contributed by atoms with Gasteiger partial charge in [0, 0.05) is 28.3 Å². The van der Waals surface area contributed by atoms with Gasteiger partial charge in [-0.05, 0) is 41.8 Å². The van der Waals surface area contributed by atoms with E-state index in [1.165, 1.54) is 73.6 Å². The third-order valence-electron chi connectivity index (χ3n) is 4.91. The Morgan fingerprint density at radius 3 is 2.00 bits per heavy atom. The van der Waals surface area contributed by atoms with Crippen LogP contribution in [-0.2, 0) is 12.5 Å².